The van der Waals surface area contributed by atoms with Crippen LogP contribution in [0.1, 0.15) is 40.9 Å². The first kappa shape index (κ1) is 26.0. The number of nitrogens with zero attached hydrogens (tertiary/aromatic N) is 7. The van der Waals surface area contributed by atoms with Crippen LogP contribution in [-0.2, 0) is 12.2 Å². The maximum Gasteiger partial charge on any atom is 0.254 e. The molecule has 4 heterocycles. The summed E-state index contributed by atoms with van der Waals surface area (Å²) in [6.45, 7) is 1.21. The number of pyridine rings is 1. The van der Waals surface area contributed by atoms with Crippen molar-refractivity contribution < 1.29 is 14.6 Å². The van der Waals surface area contributed by atoms with Crippen molar-refractivity contribution >= 4 is 32.7 Å². The average molecular weight is 600 g/mol. The fourth-order valence-corrected chi connectivity index (χ4v) is 5.09. The van der Waals surface area contributed by atoms with E-state index in [2.05, 4.69) is 41.2 Å². The van der Waals surface area contributed by atoms with Gasteiger partial charge in [0, 0.05) is 36.9 Å². The van der Waals surface area contributed by atoms with E-state index in [9.17, 15) is 9.90 Å². The Balaban J connectivity index is 1.21. The monoisotopic (exact) mass is 599 g/mol. The van der Waals surface area contributed by atoms with Gasteiger partial charge < -0.3 is 14.7 Å². The molecular weight excluding hydrogens is 574 g/mol. The second kappa shape index (κ2) is 11.1. The number of amides is 1. The zero-order chi connectivity index (χ0) is 27.5. The molecule has 1 saturated heterocycles. The quantitative estimate of drug-likeness (QED) is 0.304. The highest BCUT2D eigenvalue weighted by molar-refractivity contribution is 9.10. The number of hydrogen-bond donors (Lipinski definition) is 1. The number of aliphatic hydroxyl groups is 1. The molecule has 2 aromatic carbocycles. The van der Waals surface area contributed by atoms with Crippen LogP contribution in [0.5, 0.6) is 5.88 Å². The average Bonchev–Trinajstić information content (AvgIpc) is 3.41. The van der Waals surface area contributed by atoms with Gasteiger partial charge in [0.25, 0.3) is 11.9 Å². The van der Waals surface area contributed by atoms with E-state index < -0.39 is 5.60 Å². The van der Waals surface area contributed by atoms with E-state index in [4.69, 9.17) is 4.74 Å². The fourth-order valence-electron chi connectivity index (χ4n) is 4.88. The van der Waals surface area contributed by atoms with Crippen LogP contribution in [0.25, 0.3) is 16.9 Å². The molecule has 1 atom stereocenters. The standard InChI is InChI=1S/C29H26BrN7O3/c30-21-16-31-28(32-17-21)37-18-25(34-35-37)29(39)11-6-13-36(14-12-29)27(38)23-15-26(33-24-10-5-4-9-22(23)24)40-19-20-7-2-1-3-8-20/h1-5,7-10,15-18,39H,6,11-14,19H2. The molecule has 1 N–H and O–H groups in total. The highest BCUT2D eigenvalue weighted by Gasteiger charge is 2.36. The third kappa shape index (κ3) is 5.43. The smallest absolute Gasteiger partial charge is 0.254 e. The van der Waals surface area contributed by atoms with Gasteiger partial charge in [-0.3, -0.25) is 4.79 Å². The molecule has 10 nitrogen and oxygen atoms in total. The molecule has 11 heteroatoms. The molecule has 202 valence electrons. The molecule has 0 bridgehead atoms. The summed E-state index contributed by atoms with van der Waals surface area (Å²) >= 11 is 3.32. The van der Waals surface area contributed by atoms with Gasteiger partial charge in [0.05, 0.1) is 21.7 Å². The van der Waals surface area contributed by atoms with Crippen molar-refractivity contribution in [3.8, 4) is 11.8 Å². The molecule has 0 aliphatic carbocycles. The summed E-state index contributed by atoms with van der Waals surface area (Å²) in [5.41, 5.74) is 1.43. The molecule has 6 rings (SSSR count). The summed E-state index contributed by atoms with van der Waals surface area (Å²) in [5, 5.41) is 20.7. The number of fused-ring (bicyclic) bond motifs is 1. The molecular formula is C29H26BrN7O3. The van der Waals surface area contributed by atoms with Crippen LogP contribution in [0.15, 0.2) is 83.7 Å². The number of para-hydroxylation sites is 1. The van der Waals surface area contributed by atoms with Crippen molar-refractivity contribution in [3.63, 3.8) is 0 Å². The number of hydrogen-bond acceptors (Lipinski definition) is 8. The second-order valence-corrected chi connectivity index (χ2v) is 10.6. The number of carbonyl (C=O) groups is 1. The summed E-state index contributed by atoms with van der Waals surface area (Å²) in [6.07, 6.45) is 6.25. The van der Waals surface area contributed by atoms with Crippen LogP contribution in [0.4, 0.5) is 0 Å². The van der Waals surface area contributed by atoms with E-state index in [1.807, 2.05) is 54.6 Å². The molecule has 5 aromatic rings. The van der Waals surface area contributed by atoms with Crippen LogP contribution < -0.4 is 4.74 Å². The van der Waals surface area contributed by atoms with Gasteiger partial charge >= 0.3 is 0 Å². The lowest BCUT2D eigenvalue weighted by Crippen LogP contribution is -2.34. The minimum absolute atomic E-state index is 0.126. The summed E-state index contributed by atoms with van der Waals surface area (Å²) in [4.78, 5) is 28.7. The molecule has 0 saturated carbocycles. The van der Waals surface area contributed by atoms with E-state index in [0.29, 0.717) is 67.6 Å². The molecule has 1 aliphatic rings. The van der Waals surface area contributed by atoms with Crippen molar-refractivity contribution in [2.45, 2.75) is 31.5 Å². The van der Waals surface area contributed by atoms with Crippen LogP contribution in [0, 0.1) is 0 Å². The third-order valence-electron chi connectivity index (χ3n) is 7.04. The highest BCUT2D eigenvalue weighted by Crippen LogP contribution is 2.33. The number of benzene rings is 2. The SMILES string of the molecule is O=C(c1cc(OCc2ccccc2)nc2ccccc12)N1CCCC(O)(c2cn(-c3ncc(Br)cn3)nn2)CC1. The Labute approximate surface area is 238 Å². The summed E-state index contributed by atoms with van der Waals surface area (Å²) in [6, 6.07) is 19.1. The molecule has 40 heavy (non-hydrogen) atoms. The number of carbonyl (C=O) groups excluding carboxylic acids is 1. The van der Waals surface area contributed by atoms with E-state index in [1.165, 1.54) is 4.68 Å². The van der Waals surface area contributed by atoms with Gasteiger partial charge in [-0.1, -0.05) is 53.7 Å². The Morgan fingerprint density at radius 2 is 1.80 bits per heavy atom. The first-order valence-corrected chi connectivity index (χ1v) is 13.8. The van der Waals surface area contributed by atoms with E-state index >= 15 is 0 Å². The first-order chi connectivity index (χ1) is 19.5. The maximum absolute atomic E-state index is 13.9. The molecule has 0 radical (unpaired) electrons. The number of halogens is 1. The predicted octanol–water partition coefficient (Wildman–Crippen LogP) is 4.46. The zero-order valence-corrected chi connectivity index (χ0v) is 23.1. The van der Waals surface area contributed by atoms with Crippen LogP contribution >= 0.6 is 15.9 Å². The maximum atomic E-state index is 13.9. The van der Waals surface area contributed by atoms with Crippen molar-refractivity contribution in [3.05, 3.63) is 101 Å². The Hall–Kier alpha value is -4.22. The number of ether oxygens (including phenoxy) is 1. The van der Waals surface area contributed by atoms with Gasteiger partial charge in [-0.2, -0.15) is 4.68 Å². The van der Waals surface area contributed by atoms with Gasteiger partial charge in [0.2, 0.25) is 5.88 Å². The highest BCUT2D eigenvalue weighted by atomic mass is 79.9. The summed E-state index contributed by atoms with van der Waals surface area (Å²) in [7, 11) is 0. The lowest BCUT2D eigenvalue weighted by molar-refractivity contribution is 0.0170. The number of likely N-dealkylation sites (tertiary alicyclic amines) is 1. The van der Waals surface area contributed by atoms with E-state index in [1.54, 1.807) is 29.6 Å². The molecule has 1 amide bonds. The second-order valence-electron chi connectivity index (χ2n) is 9.73. The molecule has 0 spiro atoms. The molecule has 1 aliphatic heterocycles. The zero-order valence-electron chi connectivity index (χ0n) is 21.5. The van der Waals surface area contributed by atoms with Crippen molar-refractivity contribution in [1.82, 2.24) is 34.8 Å². The number of rotatable bonds is 6. The Morgan fingerprint density at radius 1 is 1.02 bits per heavy atom. The normalized spacial score (nSPS) is 17.5. The lowest BCUT2D eigenvalue weighted by Gasteiger charge is -2.25. The summed E-state index contributed by atoms with van der Waals surface area (Å²) < 4.78 is 8.18. The number of aromatic nitrogens is 6. The largest absolute Gasteiger partial charge is 0.473 e. The van der Waals surface area contributed by atoms with E-state index in [0.717, 1.165) is 15.4 Å². The minimum atomic E-state index is -1.23. The third-order valence-corrected chi connectivity index (χ3v) is 7.44. The van der Waals surface area contributed by atoms with Gasteiger partial charge in [0.1, 0.15) is 17.9 Å². The van der Waals surface area contributed by atoms with Gasteiger partial charge in [-0.05, 0) is 46.8 Å². The van der Waals surface area contributed by atoms with Crippen molar-refractivity contribution in [2.75, 3.05) is 13.1 Å². The molecule has 3 aromatic heterocycles. The summed E-state index contributed by atoms with van der Waals surface area (Å²) in [5.74, 6) is 0.620. The van der Waals surface area contributed by atoms with Gasteiger partial charge in [-0.15, -0.1) is 5.10 Å². The Kier molecular flexibility index (Phi) is 7.23. The fraction of sp³-hybridized carbons (Fsp3) is 0.241. The van der Waals surface area contributed by atoms with Gasteiger partial charge in [-0.25, -0.2) is 15.0 Å². The lowest BCUT2D eigenvalue weighted by atomic mass is 9.92. The topological polar surface area (TPSA) is 119 Å². The molecule has 1 unspecified atom stereocenters. The van der Waals surface area contributed by atoms with Crippen molar-refractivity contribution in [1.29, 1.82) is 0 Å². The molecule has 1 fully saturated rings. The Morgan fingerprint density at radius 3 is 2.62 bits per heavy atom. The van der Waals surface area contributed by atoms with Gasteiger partial charge in [0.15, 0.2) is 0 Å². The van der Waals surface area contributed by atoms with Crippen LogP contribution in [0.3, 0.4) is 0 Å². The van der Waals surface area contributed by atoms with E-state index in [-0.39, 0.29) is 5.91 Å². The van der Waals surface area contributed by atoms with Crippen molar-refractivity contribution in [2.24, 2.45) is 0 Å². The minimum Gasteiger partial charge on any atom is -0.473 e. The van der Waals surface area contributed by atoms with Crippen LogP contribution in [-0.4, -0.2) is 58.9 Å². The predicted molar refractivity (Wildman–Crippen MR) is 151 cm³/mol. The first-order valence-electron chi connectivity index (χ1n) is 13.0. The van der Waals surface area contributed by atoms with Crippen LogP contribution in [0.2, 0.25) is 0 Å². The Bertz CT molecular complexity index is 1650.